The van der Waals surface area contributed by atoms with E-state index in [4.69, 9.17) is 21.4 Å². The van der Waals surface area contributed by atoms with Crippen molar-refractivity contribution < 1.29 is 9.84 Å². The van der Waals surface area contributed by atoms with Gasteiger partial charge >= 0.3 is 0 Å². The number of aromatic amines is 1. The van der Waals surface area contributed by atoms with E-state index in [0.717, 1.165) is 25.9 Å². The van der Waals surface area contributed by atoms with Crippen molar-refractivity contribution in [1.29, 1.82) is 0 Å². The molecule has 0 aliphatic carbocycles. The molecule has 0 spiro atoms. The van der Waals surface area contributed by atoms with E-state index in [-0.39, 0.29) is 18.3 Å². The summed E-state index contributed by atoms with van der Waals surface area (Å²) >= 11 is 5.92. The maximum absolute atomic E-state index is 12.2. The molecule has 2 heterocycles. The smallest absolute Gasteiger partial charge is 0.258 e. The third-order valence-electron chi connectivity index (χ3n) is 4.00. The number of benzene rings is 1. The van der Waals surface area contributed by atoms with E-state index in [1.165, 1.54) is 0 Å². The molecule has 2 aromatic rings. The zero-order valence-electron chi connectivity index (χ0n) is 12.8. The molecule has 3 rings (SSSR count). The number of aliphatic hydroxyl groups excluding tert-OH is 1. The minimum absolute atomic E-state index is 0.0403. The van der Waals surface area contributed by atoms with Gasteiger partial charge in [-0.25, -0.2) is 4.98 Å². The molecule has 0 bridgehead atoms. The molecule has 0 radical (unpaired) electrons. The fourth-order valence-corrected chi connectivity index (χ4v) is 3.13. The summed E-state index contributed by atoms with van der Waals surface area (Å²) in [4.78, 5) is 21.7. The first kappa shape index (κ1) is 16.4. The zero-order valence-corrected chi connectivity index (χ0v) is 13.6. The lowest BCUT2D eigenvalue weighted by atomic mass is 10.1. The highest BCUT2D eigenvalue weighted by atomic mass is 35.5. The molecule has 23 heavy (non-hydrogen) atoms. The Morgan fingerprint density at radius 3 is 3.17 bits per heavy atom. The topological polar surface area (TPSA) is 78.5 Å². The highest BCUT2D eigenvalue weighted by Crippen LogP contribution is 2.17. The summed E-state index contributed by atoms with van der Waals surface area (Å²) in [6, 6.07) is 5.13. The second kappa shape index (κ2) is 7.40. The zero-order chi connectivity index (χ0) is 16.2. The highest BCUT2D eigenvalue weighted by molar-refractivity contribution is 6.31. The number of nitrogens with one attached hydrogen (secondary N) is 1. The molecule has 0 saturated carbocycles. The van der Waals surface area contributed by atoms with Crippen molar-refractivity contribution in [3.63, 3.8) is 0 Å². The first-order valence-corrected chi connectivity index (χ1v) is 8.17. The van der Waals surface area contributed by atoms with Crippen LogP contribution in [0.1, 0.15) is 18.7 Å². The molecule has 1 aliphatic heterocycles. The van der Waals surface area contributed by atoms with Crippen LogP contribution in [0.3, 0.4) is 0 Å². The van der Waals surface area contributed by atoms with E-state index in [1.54, 1.807) is 18.2 Å². The molecular weight excluding hydrogens is 318 g/mol. The van der Waals surface area contributed by atoms with Gasteiger partial charge in [-0.1, -0.05) is 11.6 Å². The normalized spacial score (nSPS) is 19.3. The van der Waals surface area contributed by atoms with Crippen molar-refractivity contribution in [2.75, 3.05) is 26.3 Å². The number of aliphatic hydroxyl groups is 1. The van der Waals surface area contributed by atoms with E-state index >= 15 is 0 Å². The van der Waals surface area contributed by atoms with Crippen LogP contribution in [0.15, 0.2) is 23.0 Å². The van der Waals surface area contributed by atoms with Crippen LogP contribution >= 0.6 is 11.6 Å². The van der Waals surface area contributed by atoms with Gasteiger partial charge in [0.2, 0.25) is 0 Å². The quantitative estimate of drug-likeness (QED) is 0.865. The number of hydrogen-bond donors (Lipinski definition) is 2. The van der Waals surface area contributed by atoms with Crippen LogP contribution < -0.4 is 5.56 Å². The lowest BCUT2D eigenvalue weighted by molar-refractivity contribution is -0.0167. The Hall–Kier alpha value is -1.47. The first-order valence-electron chi connectivity index (χ1n) is 7.79. The average molecular weight is 338 g/mol. The van der Waals surface area contributed by atoms with Gasteiger partial charge < -0.3 is 14.8 Å². The van der Waals surface area contributed by atoms with Gasteiger partial charge in [-0.2, -0.15) is 0 Å². The predicted octanol–water partition coefficient (Wildman–Crippen LogP) is 1.55. The number of H-pyrrole nitrogens is 1. The number of rotatable bonds is 5. The molecule has 1 aromatic heterocycles. The van der Waals surface area contributed by atoms with Gasteiger partial charge in [0.05, 0.1) is 36.8 Å². The number of hydrogen-bond acceptors (Lipinski definition) is 5. The van der Waals surface area contributed by atoms with E-state index in [2.05, 4.69) is 14.9 Å². The summed E-state index contributed by atoms with van der Waals surface area (Å²) in [5.74, 6) is 0.646. The number of aromatic nitrogens is 2. The van der Waals surface area contributed by atoms with Crippen LogP contribution in [0.4, 0.5) is 0 Å². The van der Waals surface area contributed by atoms with Gasteiger partial charge in [0.15, 0.2) is 0 Å². The molecule has 124 valence electrons. The van der Waals surface area contributed by atoms with Gasteiger partial charge in [0, 0.05) is 11.6 Å². The summed E-state index contributed by atoms with van der Waals surface area (Å²) < 4.78 is 5.61. The largest absolute Gasteiger partial charge is 0.394 e. The first-order chi connectivity index (χ1) is 11.2. The third kappa shape index (κ3) is 4.09. The molecule has 0 amide bonds. The summed E-state index contributed by atoms with van der Waals surface area (Å²) in [7, 11) is 0. The number of ether oxygens (including phenoxy) is 1. The Kier molecular flexibility index (Phi) is 5.27. The lowest BCUT2D eigenvalue weighted by Crippen LogP contribution is -2.40. The maximum atomic E-state index is 12.2. The fraction of sp³-hybridized carbons (Fsp3) is 0.500. The summed E-state index contributed by atoms with van der Waals surface area (Å²) in [5.41, 5.74) is 0.482. The molecule has 1 aliphatic rings. The summed E-state index contributed by atoms with van der Waals surface area (Å²) in [6.07, 6.45) is 2.15. The monoisotopic (exact) mass is 337 g/mol. The second-order valence-corrected chi connectivity index (χ2v) is 6.20. The van der Waals surface area contributed by atoms with Gasteiger partial charge in [0.25, 0.3) is 5.56 Å². The predicted molar refractivity (Wildman–Crippen MR) is 88.7 cm³/mol. The molecule has 1 unspecified atom stereocenters. The van der Waals surface area contributed by atoms with Crippen molar-refractivity contribution >= 4 is 22.5 Å². The van der Waals surface area contributed by atoms with Crippen molar-refractivity contribution in [3.8, 4) is 0 Å². The van der Waals surface area contributed by atoms with Crippen molar-refractivity contribution in [2.24, 2.45) is 0 Å². The minimum Gasteiger partial charge on any atom is -0.394 e. The van der Waals surface area contributed by atoms with Crippen LogP contribution in [-0.4, -0.2) is 52.4 Å². The Morgan fingerprint density at radius 2 is 2.35 bits per heavy atom. The molecule has 1 fully saturated rings. The van der Waals surface area contributed by atoms with Gasteiger partial charge in [-0.3, -0.25) is 9.69 Å². The van der Waals surface area contributed by atoms with Crippen molar-refractivity contribution in [1.82, 2.24) is 14.9 Å². The second-order valence-electron chi connectivity index (χ2n) is 5.77. The molecule has 2 N–H and O–H groups in total. The van der Waals surface area contributed by atoms with E-state index < -0.39 is 0 Å². The summed E-state index contributed by atoms with van der Waals surface area (Å²) in [6.45, 7) is 2.71. The molecule has 7 heteroatoms. The standard InChI is InChI=1S/C16H20ClN3O3/c17-11-3-4-14-13(8-11)16(22)19-15(18-14)10-20-5-1-2-12(9-20)23-7-6-21/h3-4,8,12,21H,1-2,5-7,9-10H2,(H,18,19,22). The Balaban J connectivity index is 1.73. The fourth-order valence-electron chi connectivity index (χ4n) is 2.96. The van der Waals surface area contributed by atoms with Gasteiger partial charge in [0.1, 0.15) is 5.82 Å². The van der Waals surface area contributed by atoms with E-state index in [0.29, 0.717) is 34.9 Å². The molecule has 1 atom stereocenters. The Morgan fingerprint density at radius 1 is 1.48 bits per heavy atom. The van der Waals surface area contributed by atoms with Gasteiger partial charge in [-0.05, 0) is 37.6 Å². The minimum atomic E-state index is -0.169. The number of fused-ring (bicyclic) bond motifs is 1. The van der Waals surface area contributed by atoms with Crippen LogP contribution in [0.5, 0.6) is 0 Å². The third-order valence-corrected chi connectivity index (χ3v) is 4.23. The summed E-state index contributed by atoms with van der Waals surface area (Å²) in [5, 5.41) is 9.88. The van der Waals surface area contributed by atoms with Gasteiger partial charge in [-0.15, -0.1) is 0 Å². The number of piperidine rings is 1. The van der Waals surface area contributed by atoms with Crippen LogP contribution in [0, 0.1) is 0 Å². The van der Waals surface area contributed by atoms with E-state index in [9.17, 15) is 4.79 Å². The average Bonchev–Trinajstić information content (AvgIpc) is 2.54. The lowest BCUT2D eigenvalue weighted by Gasteiger charge is -2.32. The highest BCUT2D eigenvalue weighted by Gasteiger charge is 2.21. The molecule has 1 saturated heterocycles. The van der Waals surface area contributed by atoms with Crippen LogP contribution in [-0.2, 0) is 11.3 Å². The molecular formula is C16H20ClN3O3. The maximum Gasteiger partial charge on any atom is 0.258 e. The molecule has 6 nitrogen and oxygen atoms in total. The molecule has 1 aromatic carbocycles. The van der Waals surface area contributed by atoms with Crippen molar-refractivity contribution in [2.45, 2.75) is 25.5 Å². The van der Waals surface area contributed by atoms with Crippen molar-refractivity contribution in [3.05, 3.63) is 39.4 Å². The number of likely N-dealkylation sites (tertiary alicyclic amines) is 1. The SMILES string of the molecule is O=c1[nH]c(CN2CCCC(OCCO)C2)nc2ccc(Cl)cc12. The number of halogens is 1. The number of nitrogens with zero attached hydrogens (tertiary/aromatic N) is 2. The van der Waals surface area contributed by atoms with Crippen LogP contribution in [0.2, 0.25) is 5.02 Å². The Bertz CT molecular complexity index is 734. The van der Waals surface area contributed by atoms with Crippen LogP contribution in [0.25, 0.3) is 10.9 Å². The van der Waals surface area contributed by atoms with E-state index in [1.807, 2.05) is 0 Å². The Labute approximate surface area is 139 Å².